The molecule has 1 heterocycles. The maximum absolute atomic E-state index is 12.4. The molecule has 2 N–H and O–H groups in total. The number of hydrogen-bond donors (Lipinski definition) is 2. The minimum Gasteiger partial charge on any atom is -0.459 e. The minimum absolute atomic E-state index is 0.143. The highest BCUT2D eigenvalue weighted by Gasteiger charge is 2.17. The predicted octanol–water partition coefficient (Wildman–Crippen LogP) is 3.60. The highest BCUT2D eigenvalue weighted by atomic mass is 16.3. The fraction of sp³-hybridized carbons (Fsp3) is 0.333. The van der Waals surface area contributed by atoms with Crippen LogP contribution < -0.4 is 10.9 Å². The highest BCUT2D eigenvalue weighted by Crippen LogP contribution is 2.24. The number of amides is 2. The summed E-state index contributed by atoms with van der Waals surface area (Å²) in [5, 5.41) is 0. The van der Waals surface area contributed by atoms with Crippen molar-refractivity contribution in [1.82, 2.24) is 10.9 Å². The largest absolute Gasteiger partial charge is 0.459 e. The molecule has 0 radical (unpaired) electrons. The van der Waals surface area contributed by atoms with E-state index in [0.29, 0.717) is 11.5 Å². The Balaban J connectivity index is 2.14. The summed E-state index contributed by atoms with van der Waals surface area (Å²) < 4.78 is 4.97. The summed E-state index contributed by atoms with van der Waals surface area (Å²) >= 11 is 0. The van der Waals surface area contributed by atoms with Crippen LogP contribution in [0.4, 0.5) is 0 Å². The van der Waals surface area contributed by atoms with E-state index in [1.165, 1.54) is 17.9 Å². The zero-order chi connectivity index (χ0) is 17.0. The minimum atomic E-state index is -0.492. The predicted molar refractivity (Wildman–Crippen MR) is 88.3 cm³/mol. The molecule has 0 aliphatic rings. The van der Waals surface area contributed by atoms with Crippen LogP contribution in [0.15, 0.2) is 41.0 Å². The quantitative estimate of drug-likeness (QED) is 0.847. The van der Waals surface area contributed by atoms with Gasteiger partial charge in [0.2, 0.25) is 0 Å². The molecule has 0 bridgehead atoms. The molecule has 5 nitrogen and oxygen atoms in total. The van der Waals surface area contributed by atoms with E-state index in [-0.39, 0.29) is 17.6 Å². The first-order valence-corrected chi connectivity index (χ1v) is 7.68. The Morgan fingerprint density at radius 2 is 1.65 bits per heavy atom. The number of benzene rings is 1. The van der Waals surface area contributed by atoms with Gasteiger partial charge in [0.25, 0.3) is 5.91 Å². The van der Waals surface area contributed by atoms with E-state index in [0.717, 1.165) is 5.56 Å². The van der Waals surface area contributed by atoms with Crippen LogP contribution in [0.5, 0.6) is 0 Å². The second kappa shape index (κ2) is 7.13. The number of hydrazine groups is 1. The lowest BCUT2D eigenvalue weighted by Crippen LogP contribution is -2.41. The first kappa shape index (κ1) is 16.8. The lowest BCUT2D eigenvalue weighted by Gasteiger charge is -2.16. The van der Waals surface area contributed by atoms with Gasteiger partial charge >= 0.3 is 5.91 Å². The summed E-state index contributed by atoms with van der Waals surface area (Å²) in [6.07, 6.45) is 1.40. The van der Waals surface area contributed by atoms with Crippen LogP contribution in [-0.4, -0.2) is 11.8 Å². The molecular formula is C18H22N2O3. The molecule has 0 aliphatic heterocycles. The van der Waals surface area contributed by atoms with Gasteiger partial charge in [0.1, 0.15) is 0 Å². The van der Waals surface area contributed by atoms with Crippen LogP contribution in [-0.2, 0) is 0 Å². The maximum atomic E-state index is 12.4. The molecule has 0 atom stereocenters. The number of rotatable bonds is 4. The van der Waals surface area contributed by atoms with Crippen molar-refractivity contribution in [1.29, 1.82) is 0 Å². The maximum Gasteiger partial charge on any atom is 0.305 e. The van der Waals surface area contributed by atoms with Gasteiger partial charge in [0.15, 0.2) is 5.76 Å². The monoisotopic (exact) mass is 314 g/mol. The van der Waals surface area contributed by atoms with Crippen molar-refractivity contribution in [2.75, 3.05) is 0 Å². The molecule has 23 heavy (non-hydrogen) atoms. The van der Waals surface area contributed by atoms with E-state index in [4.69, 9.17) is 4.42 Å². The van der Waals surface area contributed by atoms with E-state index in [1.54, 1.807) is 12.1 Å². The molecule has 0 unspecified atom stereocenters. The molecular weight excluding hydrogens is 292 g/mol. The molecule has 2 amide bonds. The Kier molecular flexibility index (Phi) is 5.21. The van der Waals surface area contributed by atoms with Crippen LogP contribution in [0, 0.1) is 0 Å². The first-order chi connectivity index (χ1) is 10.9. The fourth-order valence-electron chi connectivity index (χ4n) is 2.27. The molecule has 0 spiro atoms. The van der Waals surface area contributed by atoms with Gasteiger partial charge in [-0.15, -0.1) is 0 Å². The molecule has 122 valence electrons. The van der Waals surface area contributed by atoms with Crippen molar-refractivity contribution in [3.05, 3.63) is 59.0 Å². The summed E-state index contributed by atoms with van der Waals surface area (Å²) in [5.41, 5.74) is 7.49. The van der Waals surface area contributed by atoms with Crippen LogP contribution in [0.25, 0.3) is 0 Å². The molecule has 0 saturated carbocycles. The number of carbonyl (C=O) groups excluding carboxylic acids is 2. The Morgan fingerprint density at radius 1 is 0.957 bits per heavy atom. The zero-order valence-electron chi connectivity index (χ0n) is 13.8. The number of furan rings is 1. The summed E-state index contributed by atoms with van der Waals surface area (Å²) in [4.78, 5) is 24.2. The molecule has 0 aliphatic carbocycles. The average Bonchev–Trinajstić information content (AvgIpc) is 3.06. The lowest BCUT2D eigenvalue weighted by atomic mass is 9.91. The van der Waals surface area contributed by atoms with Crippen molar-refractivity contribution in [2.24, 2.45) is 0 Å². The third-order valence-corrected chi connectivity index (χ3v) is 3.64. The Labute approximate surface area is 136 Å². The van der Waals surface area contributed by atoms with E-state index in [1.807, 2.05) is 19.9 Å². The van der Waals surface area contributed by atoms with Gasteiger partial charge in [-0.05, 0) is 41.2 Å². The van der Waals surface area contributed by atoms with Crippen LogP contribution in [0.1, 0.15) is 71.6 Å². The third-order valence-electron chi connectivity index (χ3n) is 3.64. The Hall–Kier alpha value is -2.56. The van der Waals surface area contributed by atoms with Gasteiger partial charge in [0, 0.05) is 5.56 Å². The smallest absolute Gasteiger partial charge is 0.305 e. The lowest BCUT2D eigenvalue weighted by molar-refractivity contribution is 0.0830. The normalized spacial score (nSPS) is 10.9. The van der Waals surface area contributed by atoms with E-state index in [2.05, 4.69) is 30.8 Å². The highest BCUT2D eigenvalue weighted by molar-refractivity contribution is 5.99. The molecule has 2 aromatic rings. The van der Waals surface area contributed by atoms with Crippen molar-refractivity contribution in [3.63, 3.8) is 0 Å². The SMILES string of the molecule is CC(C)c1ccc(C(=O)NNC(=O)c2ccco2)c(C(C)C)c1. The van der Waals surface area contributed by atoms with Crippen molar-refractivity contribution < 1.29 is 14.0 Å². The van der Waals surface area contributed by atoms with Gasteiger partial charge < -0.3 is 4.42 Å². The van der Waals surface area contributed by atoms with E-state index >= 15 is 0 Å². The summed E-state index contributed by atoms with van der Waals surface area (Å²) in [7, 11) is 0. The molecule has 0 fully saturated rings. The standard InChI is InChI=1S/C18H22N2O3/c1-11(2)13-7-8-14(15(10-13)12(3)4)17(21)19-20-18(22)16-6-5-9-23-16/h5-12H,1-4H3,(H,19,21)(H,20,22). The molecule has 5 heteroatoms. The first-order valence-electron chi connectivity index (χ1n) is 7.68. The second-order valence-corrected chi connectivity index (χ2v) is 6.04. The molecule has 1 aromatic heterocycles. The fourth-order valence-corrected chi connectivity index (χ4v) is 2.27. The number of hydrogen-bond acceptors (Lipinski definition) is 3. The van der Waals surface area contributed by atoms with Crippen LogP contribution in [0.3, 0.4) is 0 Å². The van der Waals surface area contributed by atoms with Gasteiger partial charge in [-0.2, -0.15) is 0 Å². The van der Waals surface area contributed by atoms with Gasteiger partial charge in [-0.3, -0.25) is 20.4 Å². The molecule has 1 aromatic carbocycles. The Bertz CT molecular complexity index is 688. The van der Waals surface area contributed by atoms with Crippen molar-refractivity contribution in [2.45, 2.75) is 39.5 Å². The molecule has 0 saturated heterocycles. The summed E-state index contributed by atoms with van der Waals surface area (Å²) in [6, 6.07) is 8.94. The van der Waals surface area contributed by atoms with Crippen LogP contribution in [0.2, 0.25) is 0 Å². The van der Waals surface area contributed by atoms with E-state index < -0.39 is 5.91 Å². The summed E-state index contributed by atoms with van der Waals surface area (Å²) in [5.74, 6) is -0.0970. The topological polar surface area (TPSA) is 71.3 Å². The average molecular weight is 314 g/mol. The number of nitrogens with one attached hydrogen (secondary N) is 2. The van der Waals surface area contributed by atoms with Gasteiger partial charge in [0.05, 0.1) is 6.26 Å². The van der Waals surface area contributed by atoms with Crippen LogP contribution >= 0.6 is 0 Å². The van der Waals surface area contributed by atoms with Crippen molar-refractivity contribution >= 4 is 11.8 Å². The second-order valence-electron chi connectivity index (χ2n) is 6.04. The van der Waals surface area contributed by atoms with E-state index in [9.17, 15) is 9.59 Å². The molecule has 2 rings (SSSR count). The summed E-state index contributed by atoms with van der Waals surface area (Å²) in [6.45, 7) is 8.31. The van der Waals surface area contributed by atoms with Gasteiger partial charge in [-0.25, -0.2) is 0 Å². The Morgan fingerprint density at radius 3 is 2.22 bits per heavy atom. The van der Waals surface area contributed by atoms with Crippen molar-refractivity contribution in [3.8, 4) is 0 Å². The van der Waals surface area contributed by atoms with Gasteiger partial charge in [-0.1, -0.05) is 39.8 Å². The number of carbonyl (C=O) groups is 2. The zero-order valence-corrected chi connectivity index (χ0v) is 13.8. The third kappa shape index (κ3) is 4.00.